The van der Waals surface area contributed by atoms with E-state index in [0.717, 1.165) is 12.0 Å². The number of rotatable bonds is 1. The van der Waals surface area contributed by atoms with Crippen molar-refractivity contribution in [1.82, 2.24) is 0 Å². The molecule has 1 aliphatic heterocycles. The van der Waals surface area contributed by atoms with Crippen molar-refractivity contribution in [3.8, 4) is 28.7 Å². The number of ether oxygens (including phenoxy) is 1. The fraction of sp³-hybridized carbons (Fsp3) is 0.200. The van der Waals surface area contributed by atoms with Gasteiger partial charge in [-0.2, -0.15) is 0 Å². The molecule has 2 aromatic carbocycles. The number of benzene rings is 2. The van der Waals surface area contributed by atoms with Crippen LogP contribution in [0.15, 0.2) is 30.3 Å². The van der Waals surface area contributed by atoms with E-state index in [9.17, 15) is 20.4 Å². The molecule has 1 atom stereocenters. The van der Waals surface area contributed by atoms with Crippen LogP contribution in [-0.2, 0) is 6.42 Å². The van der Waals surface area contributed by atoms with Gasteiger partial charge in [0.25, 0.3) is 0 Å². The lowest BCUT2D eigenvalue weighted by Gasteiger charge is -2.26. The lowest BCUT2D eigenvalue weighted by atomic mass is 9.97. The Kier molecular flexibility index (Phi) is 2.82. The van der Waals surface area contributed by atoms with E-state index in [-0.39, 0.29) is 23.4 Å². The number of fused-ring (bicyclic) bond motifs is 1. The summed E-state index contributed by atoms with van der Waals surface area (Å²) < 4.78 is 5.78. The van der Waals surface area contributed by atoms with E-state index in [1.807, 2.05) is 6.07 Å². The zero-order valence-corrected chi connectivity index (χ0v) is 10.6. The van der Waals surface area contributed by atoms with Gasteiger partial charge in [-0.25, -0.2) is 0 Å². The smallest absolute Gasteiger partial charge is 0.200 e. The van der Waals surface area contributed by atoms with E-state index in [1.165, 1.54) is 12.1 Å². The molecule has 0 spiro atoms. The molecule has 0 aliphatic carbocycles. The summed E-state index contributed by atoms with van der Waals surface area (Å²) in [7, 11) is 0. The quantitative estimate of drug-likeness (QED) is 0.600. The standard InChI is InChI=1S/C15H14O5/c16-10-3-1-8-2-4-13(20-14(8)7-10)9-5-11(17)15(19)12(18)6-9/h1,3,5-7,13,16-19H,2,4H2. The van der Waals surface area contributed by atoms with Gasteiger partial charge in [0.05, 0.1) is 0 Å². The average Bonchev–Trinajstić information content (AvgIpc) is 2.43. The Bertz CT molecular complexity index is 642. The molecular formula is C15H14O5. The van der Waals surface area contributed by atoms with Gasteiger partial charge in [0, 0.05) is 6.07 Å². The molecule has 0 aromatic heterocycles. The Morgan fingerprint density at radius 2 is 1.65 bits per heavy atom. The van der Waals surface area contributed by atoms with Crippen LogP contribution in [0.25, 0.3) is 0 Å². The number of phenols is 4. The monoisotopic (exact) mass is 274 g/mol. The highest BCUT2D eigenvalue weighted by molar-refractivity contribution is 5.52. The first-order valence-corrected chi connectivity index (χ1v) is 6.28. The first-order chi connectivity index (χ1) is 9.54. The summed E-state index contributed by atoms with van der Waals surface area (Å²) in [5.41, 5.74) is 1.58. The second kappa shape index (κ2) is 4.52. The molecule has 3 rings (SSSR count). The predicted octanol–water partition coefficient (Wildman–Crippen LogP) is 2.58. The summed E-state index contributed by atoms with van der Waals surface area (Å²) in [5.74, 6) is -0.590. The van der Waals surface area contributed by atoms with Gasteiger partial charge >= 0.3 is 0 Å². The largest absolute Gasteiger partial charge is 0.508 e. The highest BCUT2D eigenvalue weighted by atomic mass is 16.5. The van der Waals surface area contributed by atoms with Gasteiger partial charge in [0.2, 0.25) is 0 Å². The Balaban J connectivity index is 1.94. The number of aromatic hydroxyl groups is 4. The summed E-state index contributed by atoms with van der Waals surface area (Å²) in [6.07, 6.45) is 1.10. The summed E-state index contributed by atoms with van der Waals surface area (Å²) in [5, 5.41) is 37.9. The Morgan fingerprint density at radius 1 is 0.950 bits per heavy atom. The number of hydrogen-bond donors (Lipinski definition) is 4. The van der Waals surface area contributed by atoms with Crippen LogP contribution in [0.1, 0.15) is 23.7 Å². The minimum absolute atomic E-state index is 0.126. The maximum absolute atomic E-state index is 9.55. The number of phenolic OH excluding ortho intramolecular Hbond substituents is 4. The second-order valence-electron chi connectivity index (χ2n) is 4.84. The molecule has 0 amide bonds. The van der Waals surface area contributed by atoms with Crippen molar-refractivity contribution in [2.24, 2.45) is 0 Å². The molecule has 0 bridgehead atoms. The van der Waals surface area contributed by atoms with Crippen molar-refractivity contribution >= 4 is 0 Å². The van der Waals surface area contributed by atoms with Gasteiger partial charge < -0.3 is 25.2 Å². The van der Waals surface area contributed by atoms with E-state index in [1.54, 1.807) is 12.1 Å². The molecule has 20 heavy (non-hydrogen) atoms. The zero-order valence-electron chi connectivity index (χ0n) is 10.6. The van der Waals surface area contributed by atoms with Crippen LogP contribution in [0, 0.1) is 0 Å². The Morgan fingerprint density at radius 3 is 2.35 bits per heavy atom. The summed E-state index contributed by atoms with van der Waals surface area (Å²) in [6, 6.07) is 7.70. The van der Waals surface area contributed by atoms with Crippen molar-refractivity contribution in [2.75, 3.05) is 0 Å². The van der Waals surface area contributed by atoms with Gasteiger partial charge in [-0.15, -0.1) is 0 Å². The van der Waals surface area contributed by atoms with E-state index < -0.39 is 5.75 Å². The third-order valence-electron chi connectivity index (χ3n) is 3.46. The van der Waals surface area contributed by atoms with Crippen LogP contribution in [-0.4, -0.2) is 20.4 Å². The highest BCUT2D eigenvalue weighted by Gasteiger charge is 2.23. The normalized spacial score (nSPS) is 17.3. The Hall–Kier alpha value is -2.56. The zero-order chi connectivity index (χ0) is 14.3. The first-order valence-electron chi connectivity index (χ1n) is 6.28. The molecule has 5 nitrogen and oxygen atoms in total. The molecule has 1 aliphatic rings. The second-order valence-corrected chi connectivity index (χ2v) is 4.84. The van der Waals surface area contributed by atoms with Crippen molar-refractivity contribution in [3.63, 3.8) is 0 Å². The predicted molar refractivity (Wildman–Crippen MR) is 71.2 cm³/mol. The minimum atomic E-state index is -0.539. The SMILES string of the molecule is Oc1ccc2c(c1)OC(c1cc(O)c(O)c(O)c1)CC2. The highest BCUT2D eigenvalue weighted by Crippen LogP contribution is 2.42. The van der Waals surface area contributed by atoms with Crippen molar-refractivity contribution in [2.45, 2.75) is 18.9 Å². The van der Waals surface area contributed by atoms with E-state index in [4.69, 9.17) is 4.74 Å². The third kappa shape index (κ3) is 2.07. The summed E-state index contributed by atoms with van der Waals surface area (Å²) in [6.45, 7) is 0. The van der Waals surface area contributed by atoms with Crippen LogP contribution in [0.5, 0.6) is 28.7 Å². The molecule has 104 valence electrons. The van der Waals surface area contributed by atoms with Gasteiger partial charge in [0.15, 0.2) is 17.2 Å². The molecule has 2 aromatic rings. The van der Waals surface area contributed by atoms with Crippen molar-refractivity contribution < 1.29 is 25.2 Å². The van der Waals surface area contributed by atoms with E-state index >= 15 is 0 Å². The molecule has 4 N–H and O–H groups in total. The number of aryl methyl sites for hydroxylation is 1. The summed E-state index contributed by atoms with van der Waals surface area (Å²) in [4.78, 5) is 0. The lowest BCUT2D eigenvalue weighted by molar-refractivity contribution is 0.175. The van der Waals surface area contributed by atoms with E-state index in [2.05, 4.69) is 0 Å². The van der Waals surface area contributed by atoms with Gasteiger partial charge in [-0.1, -0.05) is 6.07 Å². The fourth-order valence-electron chi connectivity index (χ4n) is 2.40. The van der Waals surface area contributed by atoms with Crippen molar-refractivity contribution in [3.05, 3.63) is 41.5 Å². The molecule has 1 heterocycles. The average molecular weight is 274 g/mol. The van der Waals surface area contributed by atoms with Gasteiger partial charge in [-0.3, -0.25) is 0 Å². The van der Waals surface area contributed by atoms with Crippen LogP contribution < -0.4 is 4.74 Å². The van der Waals surface area contributed by atoms with E-state index in [0.29, 0.717) is 17.7 Å². The molecule has 0 saturated carbocycles. The topological polar surface area (TPSA) is 90.2 Å². The first kappa shape index (κ1) is 12.5. The third-order valence-corrected chi connectivity index (χ3v) is 3.46. The van der Waals surface area contributed by atoms with Crippen molar-refractivity contribution in [1.29, 1.82) is 0 Å². The van der Waals surface area contributed by atoms with Crippen LogP contribution in [0.2, 0.25) is 0 Å². The molecule has 5 heteroatoms. The molecule has 0 saturated heterocycles. The van der Waals surface area contributed by atoms with Crippen LogP contribution in [0.4, 0.5) is 0 Å². The Labute approximate surface area is 115 Å². The minimum Gasteiger partial charge on any atom is -0.508 e. The molecule has 0 radical (unpaired) electrons. The van der Waals surface area contributed by atoms with Gasteiger partial charge in [-0.05, 0) is 42.2 Å². The molecule has 0 fully saturated rings. The fourth-order valence-corrected chi connectivity index (χ4v) is 2.40. The van der Waals surface area contributed by atoms with Crippen LogP contribution in [0.3, 0.4) is 0 Å². The lowest BCUT2D eigenvalue weighted by Crippen LogP contribution is -2.14. The maximum Gasteiger partial charge on any atom is 0.200 e. The summed E-state index contributed by atoms with van der Waals surface area (Å²) >= 11 is 0. The van der Waals surface area contributed by atoms with Crippen LogP contribution >= 0.6 is 0 Å². The van der Waals surface area contributed by atoms with Gasteiger partial charge in [0.1, 0.15) is 17.6 Å². The molecule has 1 unspecified atom stereocenters. The maximum atomic E-state index is 9.55. The number of hydrogen-bond acceptors (Lipinski definition) is 5. The molecular weight excluding hydrogens is 260 g/mol.